The van der Waals surface area contributed by atoms with Gasteiger partial charge in [-0.3, -0.25) is 0 Å². The van der Waals surface area contributed by atoms with E-state index in [1.54, 1.807) is 5.56 Å². The number of unbranched alkanes of at least 4 members (excludes halogenated alkanes) is 1. The van der Waals surface area contributed by atoms with E-state index < -0.39 is 0 Å². The van der Waals surface area contributed by atoms with Crippen molar-refractivity contribution in [3.05, 3.63) is 120 Å². The van der Waals surface area contributed by atoms with E-state index in [1.807, 2.05) is 11.3 Å². The largest absolute Gasteiger partial charge is 0.289 e. The minimum Gasteiger partial charge on any atom is -0.226 e. The lowest BCUT2D eigenvalue weighted by atomic mass is 9.64. The Morgan fingerprint density at radius 3 is 2.40 bits per heavy atom. The summed E-state index contributed by atoms with van der Waals surface area (Å²) in [6, 6.07) is 37.2. The van der Waals surface area contributed by atoms with Crippen molar-refractivity contribution in [1.82, 2.24) is 4.57 Å². The minimum atomic E-state index is 0.0459. The summed E-state index contributed by atoms with van der Waals surface area (Å²) in [6.07, 6.45) is 10.3. The van der Waals surface area contributed by atoms with Crippen LogP contribution in [-0.2, 0) is 32.4 Å². The zero-order valence-electron chi connectivity index (χ0n) is 29.1. The molecule has 0 spiro atoms. The quantitative estimate of drug-likeness (QED) is 0.138. The number of imidazole rings is 1. The van der Waals surface area contributed by atoms with E-state index in [-0.39, 0.29) is 5.41 Å². The van der Waals surface area contributed by atoms with Crippen molar-refractivity contribution < 1.29 is 9.13 Å². The van der Waals surface area contributed by atoms with Crippen LogP contribution in [0.4, 0.5) is 0 Å². The number of nitrogens with zero attached hydrogens (tertiary/aromatic N) is 3. The Kier molecular flexibility index (Phi) is 7.95. The molecule has 0 radical (unpaired) electrons. The summed E-state index contributed by atoms with van der Waals surface area (Å²) < 4.78 is 10.3. The Balaban J connectivity index is 1.24. The molecule has 0 aliphatic carbocycles. The Hall–Kier alpha value is -4.28. The third-order valence-electron chi connectivity index (χ3n) is 11.6. The fourth-order valence-corrected chi connectivity index (χ4v) is 10.4. The molecule has 8 rings (SSSR count). The molecule has 4 heterocycles. The van der Waals surface area contributed by atoms with Gasteiger partial charge < -0.3 is 0 Å². The molecular formula is C44H47N3S+2. The predicted molar refractivity (Wildman–Crippen MR) is 203 cm³/mol. The average molecular weight is 650 g/mol. The fraction of sp³-hybridized carbons (Fsp3) is 0.318. The molecule has 0 amide bonds. The standard InChI is InChI=1S/C44H47N3S/c1-6-9-16-30-22-24-33-34-25-26-35-41(42(34)48-39(33)29-30)38-21-14-15-28-47(38)40(44(35,7-2)8-3)27-23-31-17-10-11-18-32(31)43-45(4)36-19-12-13-20-37(36)46(43)5/h10-15,17-22,24-26,28-29,40H,6-9,16,23,27H2,1-5H3/q+2. The molecule has 4 heteroatoms. The highest BCUT2D eigenvalue weighted by Gasteiger charge is 2.50. The molecule has 0 N–H and O–H groups in total. The normalized spacial score (nSPS) is 15.3. The highest BCUT2D eigenvalue weighted by molar-refractivity contribution is 7.26. The Morgan fingerprint density at radius 2 is 1.58 bits per heavy atom. The second-order valence-corrected chi connectivity index (χ2v) is 15.0. The van der Waals surface area contributed by atoms with Gasteiger partial charge in [-0.05, 0) is 79.1 Å². The molecule has 0 saturated carbocycles. The van der Waals surface area contributed by atoms with Crippen LogP contribution >= 0.6 is 11.3 Å². The topological polar surface area (TPSA) is 12.7 Å². The SMILES string of the molecule is CCCCc1ccc2c(c1)sc1c3c(ccc12)C(CC)(CC)C(CCc1ccccc1-c1n(C)c2ccccc2[n+]1C)[n+]1ccccc1-3. The van der Waals surface area contributed by atoms with Crippen LogP contribution in [0.25, 0.3) is 53.9 Å². The maximum absolute atomic E-state index is 2.66. The van der Waals surface area contributed by atoms with Gasteiger partial charge >= 0.3 is 0 Å². The van der Waals surface area contributed by atoms with E-state index in [0.29, 0.717) is 6.04 Å². The molecule has 1 aliphatic heterocycles. The second kappa shape index (κ2) is 12.3. The van der Waals surface area contributed by atoms with Gasteiger partial charge in [-0.2, -0.15) is 4.57 Å². The zero-order valence-corrected chi connectivity index (χ0v) is 29.9. The number of hydrogen-bond acceptors (Lipinski definition) is 1. The third-order valence-corrected chi connectivity index (χ3v) is 12.8. The minimum absolute atomic E-state index is 0.0459. The lowest BCUT2D eigenvalue weighted by molar-refractivity contribution is -0.725. The van der Waals surface area contributed by atoms with Crippen molar-refractivity contribution >= 4 is 42.5 Å². The lowest BCUT2D eigenvalue weighted by Gasteiger charge is -2.41. The summed E-state index contributed by atoms with van der Waals surface area (Å²) in [5.74, 6) is 1.26. The van der Waals surface area contributed by atoms with Crippen LogP contribution in [0.3, 0.4) is 0 Å². The summed E-state index contributed by atoms with van der Waals surface area (Å²) in [4.78, 5) is 0. The second-order valence-electron chi connectivity index (χ2n) is 13.9. The van der Waals surface area contributed by atoms with Gasteiger partial charge in [0.05, 0.1) is 30.6 Å². The van der Waals surface area contributed by atoms with E-state index in [1.165, 1.54) is 77.8 Å². The molecule has 0 fully saturated rings. The van der Waals surface area contributed by atoms with E-state index in [4.69, 9.17) is 0 Å². The van der Waals surface area contributed by atoms with E-state index >= 15 is 0 Å². The molecule has 1 aliphatic rings. The number of pyridine rings is 1. The monoisotopic (exact) mass is 649 g/mol. The smallest absolute Gasteiger partial charge is 0.226 e. The zero-order chi connectivity index (χ0) is 33.0. The van der Waals surface area contributed by atoms with Crippen molar-refractivity contribution in [3.8, 4) is 22.6 Å². The van der Waals surface area contributed by atoms with Crippen LogP contribution in [-0.4, -0.2) is 4.57 Å². The van der Waals surface area contributed by atoms with Crippen molar-refractivity contribution in [2.75, 3.05) is 0 Å². The predicted octanol–water partition coefficient (Wildman–Crippen LogP) is 10.6. The number of rotatable bonds is 9. The molecule has 0 saturated heterocycles. The molecule has 4 aromatic carbocycles. The summed E-state index contributed by atoms with van der Waals surface area (Å²) in [6.45, 7) is 7.13. The molecular weight excluding hydrogens is 603 g/mol. The van der Waals surface area contributed by atoms with Gasteiger partial charge in [0.25, 0.3) is 5.82 Å². The molecule has 1 unspecified atom stereocenters. The van der Waals surface area contributed by atoms with Gasteiger partial charge in [0, 0.05) is 38.7 Å². The summed E-state index contributed by atoms with van der Waals surface area (Å²) in [5.41, 5.74) is 11.2. The average Bonchev–Trinajstić information content (AvgIpc) is 3.63. The molecule has 242 valence electrons. The lowest BCUT2D eigenvalue weighted by Crippen LogP contribution is -2.55. The summed E-state index contributed by atoms with van der Waals surface area (Å²) in [7, 11) is 4.41. The third kappa shape index (κ3) is 4.67. The number of para-hydroxylation sites is 2. The first-order valence-corrected chi connectivity index (χ1v) is 18.8. The van der Waals surface area contributed by atoms with E-state index in [9.17, 15) is 0 Å². The van der Waals surface area contributed by atoms with Crippen molar-refractivity contribution in [2.45, 2.75) is 77.2 Å². The number of benzene rings is 4. The number of aromatic nitrogens is 3. The molecule has 1 atom stereocenters. The highest BCUT2D eigenvalue weighted by atomic mass is 32.1. The fourth-order valence-electron chi connectivity index (χ4n) is 9.09. The van der Waals surface area contributed by atoms with Crippen LogP contribution in [0.1, 0.15) is 75.6 Å². The molecule has 0 bridgehead atoms. The Labute approximate surface area is 289 Å². The maximum Gasteiger partial charge on any atom is 0.289 e. The van der Waals surface area contributed by atoms with Crippen molar-refractivity contribution in [2.24, 2.45) is 14.1 Å². The maximum atomic E-state index is 2.66. The van der Waals surface area contributed by atoms with Gasteiger partial charge in [-0.1, -0.05) is 81.8 Å². The Bertz CT molecular complexity index is 2260. The summed E-state index contributed by atoms with van der Waals surface area (Å²) >= 11 is 2.01. The van der Waals surface area contributed by atoms with Gasteiger partial charge in [0.2, 0.25) is 5.69 Å². The first kappa shape index (κ1) is 31.0. The number of thiophene rings is 1. The first-order chi connectivity index (χ1) is 23.5. The van der Waals surface area contributed by atoms with Gasteiger partial charge in [-0.15, -0.1) is 11.3 Å². The number of aryl methyl sites for hydroxylation is 4. The van der Waals surface area contributed by atoms with Crippen LogP contribution in [0.5, 0.6) is 0 Å². The number of hydrogen-bond donors (Lipinski definition) is 0. The highest BCUT2D eigenvalue weighted by Crippen LogP contribution is 2.53. The van der Waals surface area contributed by atoms with Crippen LogP contribution in [0.2, 0.25) is 0 Å². The van der Waals surface area contributed by atoms with E-state index in [2.05, 4.69) is 152 Å². The van der Waals surface area contributed by atoms with Crippen LogP contribution < -0.4 is 9.13 Å². The van der Waals surface area contributed by atoms with Gasteiger partial charge in [0.1, 0.15) is 0 Å². The van der Waals surface area contributed by atoms with Crippen molar-refractivity contribution in [3.63, 3.8) is 0 Å². The summed E-state index contributed by atoms with van der Waals surface area (Å²) in [5, 5.41) is 2.81. The van der Waals surface area contributed by atoms with E-state index in [0.717, 1.165) is 32.1 Å². The molecule has 3 aromatic heterocycles. The van der Waals surface area contributed by atoms with Crippen molar-refractivity contribution in [1.29, 1.82) is 0 Å². The van der Waals surface area contributed by atoms with Crippen LogP contribution in [0.15, 0.2) is 103 Å². The molecule has 7 aromatic rings. The molecule has 3 nitrogen and oxygen atoms in total. The molecule has 48 heavy (non-hydrogen) atoms. The van der Waals surface area contributed by atoms with Gasteiger partial charge in [0.15, 0.2) is 23.3 Å². The Morgan fingerprint density at radius 1 is 0.812 bits per heavy atom. The number of fused-ring (bicyclic) bond motifs is 8. The van der Waals surface area contributed by atoms with Crippen LogP contribution in [0, 0.1) is 0 Å². The van der Waals surface area contributed by atoms with Gasteiger partial charge in [-0.25, -0.2) is 9.13 Å². The first-order valence-electron chi connectivity index (χ1n) is 18.0.